The van der Waals surface area contributed by atoms with Gasteiger partial charge in [0, 0.05) is 38.1 Å². The van der Waals surface area contributed by atoms with Gasteiger partial charge < -0.3 is 63.8 Å². The van der Waals surface area contributed by atoms with E-state index in [1.165, 1.54) is 14.0 Å². The summed E-state index contributed by atoms with van der Waals surface area (Å²) in [5, 5.41) is 58.1. The van der Waals surface area contributed by atoms with Crippen LogP contribution in [-0.2, 0) is 33.2 Å². The summed E-state index contributed by atoms with van der Waals surface area (Å²) in [6.45, 7) is 18.0. The first-order valence-corrected chi connectivity index (χ1v) is 19.1. The summed E-state index contributed by atoms with van der Waals surface area (Å²) in [6.07, 6.45) is -8.19. The molecule has 0 amide bonds. The van der Waals surface area contributed by atoms with E-state index in [-0.39, 0.29) is 37.3 Å². The Hall–Kier alpha value is -1.01. The molecule has 3 heterocycles. The first-order valence-electron chi connectivity index (χ1n) is 19.1. The van der Waals surface area contributed by atoms with Crippen molar-refractivity contribution < 1.29 is 58.7 Å². The smallest absolute Gasteiger partial charge is 0.311 e. The van der Waals surface area contributed by atoms with Crippen LogP contribution < -0.4 is 0 Å². The molecule has 52 heavy (non-hydrogen) atoms. The summed E-state index contributed by atoms with van der Waals surface area (Å²) < 4.78 is 37.5. The molecule has 0 aromatic heterocycles. The summed E-state index contributed by atoms with van der Waals surface area (Å²) in [5.41, 5.74) is -4.37. The lowest BCUT2D eigenvalue weighted by Crippen LogP contribution is -2.60. The van der Waals surface area contributed by atoms with Crippen molar-refractivity contribution in [3.63, 3.8) is 0 Å². The van der Waals surface area contributed by atoms with Crippen LogP contribution in [0.2, 0.25) is 0 Å². The van der Waals surface area contributed by atoms with Gasteiger partial charge in [-0.3, -0.25) is 4.79 Å². The highest BCUT2D eigenvalue weighted by molar-refractivity contribution is 5.73. The zero-order chi connectivity index (χ0) is 39.7. The van der Waals surface area contributed by atoms with Crippen molar-refractivity contribution in [1.82, 2.24) is 9.80 Å². The summed E-state index contributed by atoms with van der Waals surface area (Å²) in [6, 6.07) is -0.808. The van der Waals surface area contributed by atoms with Crippen LogP contribution in [0, 0.1) is 17.8 Å². The van der Waals surface area contributed by atoms with Crippen molar-refractivity contribution >= 4 is 5.97 Å². The second-order valence-corrected chi connectivity index (χ2v) is 17.2. The molecule has 3 aliphatic rings. The molecule has 0 radical (unpaired) electrons. The Morgan fingerprint density at radius 2 is 1.56 bits per heavy atom. The van der Waals surface area contributed by atoms with E-state index in [9.17, 15) is 30.3 Å². The highest BCUT2D eigenvalue weighted by atomic mass is 16.7. The molecule has 0 bridgehead atoms. The Kier molecular flexibility index (Phi) is 15.6. The van der Waals surface area contributed by atoms with E-state index < -0.39 is 96.0 Å². The van der Waals surface area contributed by atoms with E-state index in [4.69, 9.17) is 28.4 Å². The van der Waals surface area contributed by atoms with Gasteiger partial charge in [0.15, 0.2) is 12.6 Å². The van der Waals surface area contributed by atoms with Gasteiger partial charge in [0.05, 0.1) is 41.5 Å². The van der Waals surface area contributed by atoms with Crippen molar-refractivity contribution in [3.05, 3.63) is 0 Å². The minimum atomic E-state index is -1.80. The Morgan fingerprint density at radius 1 is 0.942 bits per heavy atom. The number of likely N-dealkylation sites (N-methyl/N-ethyl adjacent to an activating group) is 2. The quantitative estimate of drug-likeness (QED) is 0.238. The van der Waals surface area contributed by atoms with Gasteiger partial charge >= 0.3 is 5.97 Å². The molecular weight excluding hydrogens is 676 g/mol. The summed E-state index contributed by atoms with van der Waals surface area (Å²) in [7, 11) is 7.12. The molecule has 3 aliphatic heterocycles. The van der Waals surface area contributed by atoms with Crippen LogP contribution in [0.15, 0.2) is 0 Å². The van der Waals surface area contributed by atoms with E-state index >= 15 is 0 Å². The zero-order valence-corrected chi connectivity index (χ0v) is 34.2. The monoisotopic (exact) mass is 749 g/mol. The fourth-order valence-electron chi connectivity index (χ4n) is 8.74. The third-order valence-electron chi connectivity index (χ3n) is 12.2. The molecule has 0 aromatic rings. The fourth-order valence-corrected chi connectivity index (χ4v) is 8.74. The number of rotatable bonds is 7. The minimum absolute atomic E-state index is 0.133. The Bertz CT molecular complexity index is 1140. The molecule has 3 fully saturated rings. The zero-order valence-electron chi connectivity index (χ0n) is 34.2. The SMILES string of the molecule is CC[C@H]1OC(=O)[C@H](C)[C@@H](O[C@@H]2C[C@](C)(OC)[C@H](O)[C@H](C)O2)[C@H](C)[C@H](O[C@@H]2O[C@H](C)C[C@H](N(C)C)[C@H]2O)[C@](C)(O)C[C@@H](C)CN(C)[C@H](C)[C@@H](O)[C@]1(C)O. The van der Waals surface area contributed by atoms with E-state index in [1.54, 1.807) is 41.5 Å². The van der Waals surface area contributed by atoms with Crippen LogP contribution in [0.1, 0.15) is 94.9 Å². The number of hydrogen-bond donors (Lipinski definition) is 5. The lowest BCUT2D eigenvalue weighted by molar-refractivity contribution is -0.318. The van der Waals surface area contributed by atoms with Crippen molar-refractivity contribution in [2.45, 2.75) is 185 Å². The molecule has 0 saturated carbocycles. The predicted octanol–water partition coefficient (Wildman–Crippen LogP) is 1.90. The number of aliphatic hydroxyl groups is 5. The maximum atomic E-state index is 14.2. The van der Waals surface area contributed by atoms with Gasteiger partial charge in [-0.25, -0.2) is 0 Å². The topological polar surface area (TPSA) is 180 Å². The number of esters is 1. The van der Waals surface area contributed by atoms with Crippen molar-refractivity contribution in [1.29, 1.82) is 0 Å². The molecule has 0 aromatic carbocycles. The predicted molar refractivity (Wildman–Crippen MR) is 194 cm³/mol. The number of carbonyl (C=O) groups is 1. The van der Waals surface area contributed by atoms with Gasteiger partial charge in [0.1, 0.15) is 30.0 Å². The second kappa shape index (κ2) is 17.8. The van der Waals surface area contributed by atoms with E-state index in [0.717, 1.165) is 0 Å². The van der Waals surface area contributed by atoms with Crippen LogP contribution in [0.3, 0.4) is 0 Å². The van der Waals surface area contributed by atoms with Gasteiger partial charge in [0.25, 0.3) is 0 Å². The Morgan fingerprint density at radius 3 is 2.12 bits per heavy atom. The van der Waals surface area contributed by atoms with E-state index in [1.807, 2.05) is 51.7 Å². The molecule has 14 nitrogen and oxygen atoms in total. The summed E-state index contributed by atoms with van der Waals surface area (Å²) in [5.74, 6) is -2.58. The Labute approximate surface area is 312 Å². The number of aliphatic hydroxyl groups excluding tert-OH is 3. The standard InChI is InChI=1S/C38H72N2O12/c1-15-27-38(10,46)31(42)24(6)40(13)19-20(2)17-36(8,45)33(52-35-29(41)26(39(11)12)16-21(3)48-35)22(4)30(23(5)34(44)50-27)51-28-18-37(9,47-14)32(43)25(7)49-28/h20-33,35,41-43,45-46H,15-19H2,1-14H3/t20-,21-,22+,23-,24-,25+,26+,27-,28-,29-,30+,31-,32-,33+,35+,36-,37+,38-/m1/s1. The molecule has 0 aliphatic carbocycles. The normalized spacial score (nSPS) is 49.6. The lowest BCUT2D eigenvalue weighted by atomic mass is 9.77. The third kappa shape index (κ3) is 10.0. The third-order valence-corrected chi connectivity index (χ3v) is 12.2. The van der Waals surface area contributed by atoms with Crippen molar-refractivity contribution in [2.75, 3.05) is 34.8 Å². The van der Waals surface area contributed by atoms with Gasteiger partial charge in [-0.05, 0) is 94.8 Å². The largest absolute Gasteiger partial charge is 0.459 e. The fraction of sp³-hybridized carbons (Fsp3) is 0.974. The average molecular weight is 749 g/mol. The number of carbonyl (C=O) groups excluding carboxylic acids is 1. The molecule has 5 N–H and O–H groups in total. The van der Waals surface area contributed by atoms with Crippen LogP contribution in [0.5, 0.6) is 0 Å². The summed E-state index contributed by atoms with van der Waals surface area (Å²) >= 11 is 0. The van der Waals surface area contributed by atoms with Gasteiger partial charge in [-0.2, -0.15) is 0 Å². The van der Waals surface area contributed by atoms with E-state index in [2.05, 4.69) is 0 Å². The van der Waals surface area contributed by atoms with Crippen LogP contribution in [-0.4, -0.2) is 166 Å². The Balaban J connectivity index is 2.17. The lowest BCUT2D eigenvalue weighted by Gasteiger charge is -2.48. The molecule has 306 valence electrons. The molecule has 14 heteroatoms. The molecule has 3 saturated heterocycles. The summed E-state index contributed by atoms with van der Waals surface area (Å²) in [4.78, 5) is 18.0. The maximum absolute atomic E-state index is 14.2. The van der Waals surface area contributed by atoms with Crippen LogP contribution in [0.4, 0.5) is 0 Å². The van der Waals surface area contributed by atoms with Crippen LogP contribution >= 0.6 is 0 Å². The average Bonchev–Trinajstić information content (AvgIpc) is 3.05. The number of methoxy groups -OCH3 is 1. The molecule has 3 rings (SSSR count). The highest BCUT2D eigenvalue weighted by Crippen LogP contribution is 2.40. The maximum Gasteiger partial charge on any atom is 0.311 e. The molecule has 18 atom stereocenters. The molecular formula is C38H72N2O12. The first-order chi connectivity index (χ1) is 23.9. The molecule has 0 unspecified atom stereocenters. The number of ether oxygens (including phenoxy) is 6. The van der Waals surface area contributed by atoms with Crippen molar-refractivity contribution in [2.24, 2.45) is 17.8 Å². The van der Waals surface area contributed by atoms with Gasteiger partial charge in [-0.15, -0.1) is 0 Å². The van der Waals surface area contributed by atoms with Crippen molar-refractivity contribution in [3.8, 4) is 0 Å². The second-order valence-electron chi connectivity index (χ2n) is 17.2. The van der Waals surface area contributed by atoms with Gasteiger partial charge in [0.2, 0.25) is 0 Å². The number of hydrogen-bond acceptors (Lipinski definition) is 14. The number of nitrogens with zero attached hydrogens (tertiary/aromatic N) is 2. The number of cyclic esters (lactones) is 1. The highest BCUT2D eigenvalue weighted by Gasteiger charge is 2.52. The molecule has 0 spiro atoms. The van der Waals surface area contributed by atoms with Gasteiger partial charge in [-0.1, -0.05) is 20.8 Å². The van der Waals surface area contributed by atoms with E-state index in [0.29, 0.717) is 13.0 Å². The minimum Gasteiger partial charge on any atom is -0.459 e. The first kappa shape index (κ1) is 45.4. The van der Waals surface area contributed by atoms with Crippen LogP contribution in [0.25, 0.3) is 0 Å².